The number of hydrogen-bond donors (Lipinski definition) is 2. The molecule has 2 N–H and O–H groups in total. The molecule has 0 aliphatic carbocycles. The predicted molar refractivity (Wildman–Crippen MR) is 77.9 cm³/mol. The largest absolute Gasteiger partial charge is 0.443 e. The Balaban J connectivity index is 1.94. The first-order chi connectivity index (χ1) is 11.0. The molecule has 1 heterocycles. The number of hydrogen-bond acceptors (Lipinski definition) is 6. The van der Waals surface area contributed by atoms with Crippen LogP contribution in [0.4, 0.5) is 4.79 Å². The molecular formula is C14H17N3O6. The number of rotatable bonds is 7. The molecule has 0 spiro atoms. The van der Waals surface area contributed by atoms with Crippen LogP contribution in [0.3, 0.4) is 0 Å². The van der Waals surface area contributed by atoms with Gasteiger partial charge in [0, 0.05) is 12.5 Å². The maximum atomic E-state index is 12.2. The number of alkyl carbamates (subject to hydrolysis) is 1. The standard InChI is InChI=1S/C14H17N3O6/c1-9(8-22-17(20)21)15-13(18)12-11(23-14(19)16-12)7-10-5-3-2-4-6-10/h2-6,9,11-12H,7-8H2,1H3,(H,15,18)(H,16,19). The quantitative estimate of drug-likeness (QED) is 0.554. The smallest absolute Gasteiger partial charge is 0.408 e. The Labute approximate surface area is 132 Å². The lowest BCUT2D eigenvalue weighted by Crippen LogP contribution is -2.50. The maximum Gasteiger partial charge on any atom is 0.408 e. The zero-order valence-electron chi connectivity index (χ0n) is 12.4. The molecule has 1 aliphatic rings. The van der Waals surface area contributed by atoms with Crippen LogP contribution in [0, 0.1) is 10.1 Å². The predicted octanol–water partition coefficient (Wildman–Crippen LogP) is 0.419. The van der Waals surface area contributed by atoms with E-state index in [1.165, 1.54) is 0 Å². The molecule has 9 nitrogen and oxygen atoms in total. The molecule has 1 fully saturated rings. The van der Waals surface area contributed by atoms with Crippen LogP contribution in [0.25, 0.3) is 0 Å². The van der Waals surface area contributed by atoms with Gasteiger partial charge in [-0.15, -0.1) is 10.1 Å². The Kier molecular flexibility index (Phi) is 5.34. The van der Waals surface area contributed by atoms with Gasteiger partial charge in [0.2, 0.25) is 5.91 Å². The molecule has 1 aromatic rings. The van der Waals surface area contributed by atoms with Gasteiger partial charge in [-0.1, -0.05) is 30.3 Å². The van der Waals surface area contributed by atoms with Crippen LogP contribution >= 0.6 is 0 Å². The monoisotopic (exact) mass is 323 g/mol. The minimum absolute atomic E-state index is 0.274. The van der Waals surface area contributed by atoms with E-state index in [1.54, 1.807) is 6.92 Å². The summed E-state index contributed by atoms with van der Waals surface area (Å²) in [5.74, 6) is -0.476. The van der Waals surface area contributed by atoms with Gasteiger partial charge in [0.25, 0.3) is 5.09 Å². The molecular weight excluding hydrogens is 306 g/mol. The Hall–Kier alpha value is -2.84. The second kappa shape index (κ2) is 7.43. The second-order valence-corrected chi connectivity index (χ2v) is 5.18. The van der Waals surface area contributed by atoms with Crippen LogP contribution in [0.1, 0.15) is 12.5 Å². The van der Waals surface area contributed by atoms with E-state index in [9.17, 15) is 19.7 Å². The summed E-state index contributed by atoms with van der Waals surface area (Å²) in [6.07, 6.45) is -0.925. The van der Waals surface area contributed by atoms with Gasteiger partial charge in [-0.3, -0.25) is 4.79 Å². The van der Waals surface area contributed by atoms with E-state index in [-0.39, 0.29) is 6.61 Å². The average molecular weight is 323 g/mol. The zero-order valence-corrected chi connectivity index (χ0v) is 12.4. The number of benzene rings is 1. The van der Waals surface area contributed by atoms with Crippen molar-refractivity contribution in [3.05, 3.63) is 46.0 Å². The van der Waals surface area contributed by atoms with Crippen molar-refractivity contribution >= 4 is 12.0 Å². The Bertz CT molecular complexity index is 579. The second-order valence-electron chi connectivity index (χ2n) is 5.18. The number of nitrogens with one attached hydrogen (secondary N) is 2. The molecule has 2 rings (SSSR count). The lowest BCUT2D eigenvalue weighted by molar-refractivity contribution is -0.758. The van der Waals surface area contributed by atoms with Crippen molar-refractivity contribution in [2.75, 3.05) is 6.61 Å². The summed E-state index contributed by atoms with van der Waals surface area (Å²) in [5, 5.41) is 14.2. The molecule has 0 aromatic heterocycles. The maximum absolute atomic E-state index is 12.2. The molecule has 2 amide bonds. The normalized spacial score (nSPS) is 21.0. The van der Waals surface area contributed by atoms with Gasteiger partial charge in [-0.05, 0) is 12.5 Å². The summed E-state index contributed by atoms with van der Waals surface area (Å²) >= 11 is 0. The van der Waals surface area contributed by atoms with Crippen LogP contribution in [0.15, 0.2) is 30.3 Å². The summed E-state index contributed by atoms with van der Waals surface area (Å²) < 4.78 is 5.13. The van der Waals surface area contributed by atoms with Crippen molar-refractivity contribution in [1.82, 2.24) is 10.6 Å². The van der Waals surface area contributed by atoms with Crippen LogP contribution in [-0.2, 0) is 20.8 Å². The van der Waals surface area contributed by atoms with Crippen LogP contribution < -0.4 is 10.6 Å². The summed E-state index contributed by atoms with van der Waals surface area (Å²) in [7, 11) is 0. The van der Waals surface area contributed by atoms with Gasteiger partial charge < -0.3 is 20.2 Å². The Morgan fingerprint density at radius 2 is 2.17 bits per heavy atom. The lowest BCUT2D eigenvalue weighted by atomic mass is 10.0. The molecule has 1 aromatic carbocycles. The topological polar surface area (TPSA) is 120 Å². The van der Waals surface area contributed by atoms with Crippen molar-refractivity contribution < 1.29 is 24.3 Å². The van der Waals surface area contributed by atoms with Gasteiger partial charge in [0.15, 0.2) is 0 Å². The minimum Gasteiger partial charge on any atom is -0.443 e. The molecule has 9 heteroatoms. The first kappa shape index (κ1) is 16.5. The SMILES string of the molecule is CC(CO[N+](=O)[O-])NC(=O)C1NC(=O)OC1Cc1ccccc1. The molecule has 124 valence electrons. The van der Waals surface area contributed by atoms with E-state index in [1.807, 2.05) is 30.3 Å². The third-order valence-corrected chi connectivity index (χ3v) is 3.28. The third kappa shape index (κ3) is 4.83. The van der Waals surface area contributed by atoms with E-state index < -0.39 is 35.3 Å². The average Bonchev–Trinajstić information content (AvgIpc) is 2.87. The van der Waals surface area contributed by atoms with E-state index in [4.69, 9.17) is 4.74 Å². The molecule has 3 atom stereocenters. The highest BCUT2D eigenvalue weighted by Gasteiger charge is 2.39. The summed E-state index contributed by atoms with van der Waals surface area (Å²) in [6.45, 7) is 1.29. The van der Waals surface area contributed by atoms with E-state index in [0.29, 0.717) is 6.42 Å². The van der Waals surface area contributed by atoms with Crippen LogP contribution in [-0.4, -0.2) is 41.9 Å². The van der Waals surface area contributed by atoms with Crippen molar-refractivity contribution in [2.24, 2.45) is 0 Å². The fraction of sp³-hybridized carbons (Fsp3) is 0.429. The zero-order chi connectivity index (χ0) is 16.8. The summed E-state index contributed by atoms with van der Waals surface area (Å²) in [6, 6.07) is 7.87. The van der Waals surface area contributed by atoms with Gasteiger partial charge in [-0.25, -0.2) is 4.79 Å². The van der Waals surface area contributed by atoms with Crippen LogP contribution in [0.2, 0.25) is 0 Å². The summed E-state index contributed by atoms with van der Waals surface area (Å²) in [4.78, 5) is 38.0. The van der Waals surface area contributed by atoms with Crippen molar-refractivity contribution in [2.45, 2.75) is 31.5 Å². The molecule has 0 saturated carbocycles. The highest BCUT2D eigenvalue weighted by Crippen LogP contribution is 2.15. The highest BCUT2D eigenvalue weighted by atomic mass is 16.9. The van der Waals surface area contributed by atoms with E-state index >= 15 is 0 Å². The molecule has 3 unspecified atom stereocenters. The van der Waals surface area contributed by atoms with Gasteiger partial charge in [-0.2, -0.15) is 0 Å². The molecule has 1 aliphatic heterocycles. The van der Waals surface area contributed by atoms with Crippen molar-refractivity contribution in [3.8, 4) is 0 Å². The van der Waals surface area contributed by atoms with E-state index in [2.05, 4.69) is 15.5 Å². The van der Waals surface area contributed by atoms with Crippen LogP contribution in [0.5, 0.6) is 0 Å². The van der Waals surface area contributed by atoms with Crippen molar-refractivity contribution in [1.29, 1.82) is 0 Å². The third-order valence-electron chi connectivity index (χ3n) is 3.28. The Morgan fingerprint density at radius 3 is 2.83 bits per heavy atom. The molecule has 0 radical (unpaired) electrons. The fourth-order valence-electron chi connectivity index (χ4n) is 2.25. The first-order valence-electron chi connectivity index (χ1n) is 7.04. The fourth-order valence-corrected chi connectivity index (χ4v) is 2.25. The van der Waals surface area contributed by atoms with Gasteiger partial charge >= 0.3 is 6.09 Å². The number of nitrogens with zero attached hydrogens (tertiary/aromatic N) is 1. The van der Waals surface area contributed by atoms with Gasteiger partial charge in [0.1, 0.15) is 18.8 Å². The Morgan fingerprint density at radius 1 is 1.48 bits per heavy atom. The minimum atomic E-state index is -0.929. The number of ether oxygens (including phenoxy) is 1. The first-order valence-corrected chi connectivity index (χ1v) is 7.04. The number of carbonyl (C=O) groups excluding carboxylic acids is 2. The lowest BCUT2D eigenvalue weighted by Gasteiger charge is -2.19. The van der Waals surface area contributed by atoms with Crippen molar-refractivity contribution in [3.63, 3.8) is 0 Å². The van der Waals surface area contributed by atoms with E-state index in [0.717, 1.165) is 5.56 Å². The molecule has 23 heavy (non-hydrogen) atoms. The highest BCUT2D eigenvalue weighted by molar-refractivity contribution is 5.88. The summed E-state index contributed by atoms with van der Waals surface area (Å²) in [5.41, 5.74) is 0.927. The number of carbonyl (C=O) groups is 2. The number of amides is 2. The number of cyclic esters (lactones) is 1. The molecule has 1 saturated heterocycles. The molecule has 0 bridgehead atoms. The van der Waals surface area contributed by atoms with Gasteiger partial charge in [0.05, 0.1) is 0 Å².